The fraction of sp³-hybridized carbons (Fsp3) is 0.0833. The zero-order chi connectivity index (χ0) is 12.8. The van der Waals surface area contributed by atoms with Gasteiger partial charge < -0.3 is 15.1 Å². The van der Waals surface area contributed by atoms with Crippen molar-refractivity contribution in [1.29, 1.82) is 0 Å². The lowest BCUT2D eigenvalue weighted by Crippen LogP contribution is -2.34. The molecule has 0 saturated heterocycles. The molecule has 6 heteroatoms. The topological polar surface area (TPSA) is 84.2 Å². The Labute approximate surface area is 103 Å². The maximum Gasteiger partial charge on any atom is 0.313 e. The summed E-state index contributed by atoms with van der Waals surface area (Å²) in [5.41, 5.74) is 0.468. The number of aromatic nitrogens is 1. The van der Waals surface area contributed by atoms with Gasteiger partial charge in [-0.2, -0.15) is 0 Å². The highest BCUT2D eigenvalue weighted by Gasteiger charge is 2.13. The van der Waals surface area contributed by atoms with Gasteiger partial charge in [0.05, 0.1) is 24.7 Å². The Kier molecular flexibility index (Phi) is 3.70. The lowest BCUT2D eigenvalue weighted by molar-refractivity contribution is -0.136. The van der Waals surface area contributed by atoms with Crippen molar-refractivity contribution in [2.45, 2.75) is 6.54 Å². The molecule has 2 aromatic heterocycles. The van der Waals surface area contributed by atoms with Crippen molar-refractivity contribution >= 4 is 17.5 Å². The van der Waals surface area contributed by atoms with Crippen LogP contribution in [0.4, 0.5) is 5.69 Å². The van der Waals surface area contributed by atoms with E-state index in [1.807, 2.05) is 0 Å². The summed E-state index contributed by atoms with van der Waals surface area (Å²) in [7, 11) is 0. The minimum absolute atomic E-state index is 0.173. The molecular weight excluding hydrogens is 234 g/mol. The van der Waals surface area contributed by atoms with Gasteiger partial charge in [0.25, 0.3) is 0 Å². The number of anilines is 1. The number of carbonyl (C=O) groups excluding carboxylic acids is 2. The van der Waals surface area contributed by atoms with Crippen molar-refractivity contribution in [1.82, 2.24) is 10.3 Å². The van der Waals surface area contributed by atoms with E-state index in [9.17, 15) is 9.59 Å². The van der Waals surface area contributed by atoms with E-state index in [1.165, 1.54) is 12.5 Å². The van der Waals surface area contributed by atoms with Crippen LogP contribution in [-0.2, 0) is 16.1 Å². The maximum atomic E-state index is 11.5. The van der Waals surface area contributed by atoms with Crippen molar-refractivity contribution in [2.75, 3.05) is 5.32 Å². The largest absolute Gasteiger partial charge is 0.467 e. The number of hydrogen-bond donors (Lipinski definition) is 2. The van der Waals surface area contributed by atoms with Gasteiger partial charge in [-0.3, -0.25) is 14.6 Å². The zero-order valence-corrected chi connectivity index (χ0v) is 9.42. The van der Waals surface area contributed by atoms with Crippen LogP contribution in [0.3, 0.4) is 0 Å². The van der Waals surface area contributed by atoms with Gasteiger partial charge in [-0.15, -0.1) is 0 Å². The molecule has 2 heterocycles. The summed E-state index contributed by atoms with van der Waals surface area (Å²) in [6.45, 7) is 0.173. The summed E-state index contributed by atoms with van der Waals surface area (Å²) in [6.07, 6.45) is 4.53. The van der Waals surface area contributed by atoms with Crippen LogP contribution in [-0.4, -0.2) is 16.8 Å². The number of furan rings is 1. The van der Waals surface area contributed by atoms with E-state index in [1.54, 1.807) is 30.5 Å². The molecule has 2 N–H and O–H groups in total. The molecule has 2 aromatic rings. The van der Waals surface area contributed by atoms with Crippen molar-refractivity contribution in [2.24, 2.45) is 0 Å². The molecule has 0 atom stereocenters. The first kappa shape index (κ1) is 11.8. The number of carbonyl (C=O) groups is 2. The van der Waals surface area contributed by atoms with E-state index in [-0.39, 0.29) is 6.54 Å². The second-order valence-corrected chi connectivity index (χ2v) is 3.46. The molecule has 0 saturated carbocycles. The highest BCUT2D eigenvalue weighted by molar-refractivity contribution is 6.39. The van der Waals surface area contributed by atoms with E-state index in [4.69, 9.17) is 4.42 Å². The lowest BCUT2D eigenvalue weighted by Gasteiger charge is -2.04. The standard InChI is InChI=1S/C12H11N3O3/c16-11(14-8-10-4-2-6-18-10)12(17)15-9-3-1-5-13-7-9/h1-7H,8H2,(H,14,16)(H,15,17). The van der Waals surface area contributed by atoms with E-state index < -0.39 is 11.8 Å². The van der Waals surface area contributed by atoms with Gasteiger partial charge in [-0.1, -0.05) is 0 Å². The molecule has 0 bridgehead atoms. The van der Waals surface area contributed by atoms with Crippen molar-refractivity contribution in [3.05, 3.63) is 48.7 Å². The Morgan fingerprint density at radius 2 is 2.11 bits per heavy atom. The van der Waals surface area contributed by atoms with E-state index in [0.717, 1.165) is 0 Å². The molecule has 92 valence electrons. The number of rotatable bonds is 3. The van der Waals surface area contributed by atoms with Gasteiger partial charge in [0.1, 0.15) is 5.76 Å². The average molecular weight is 245 g/mol. The molecule has 0 aliphatic heterocycles. The fourth-order valence-electron chi connectivity index (χ4n) is 1.29. The molecule has 0 aromatic carbocycles. The highest BCUT2D eigenvalue weighted by Crippen LogP contribution is 2.02. The van der Waals surface area contributed by atoms with Crippen LogP contribution in [0.25, 0.3) is 0 Å². The number of amides is 2. The van der Waals surface area contributed by atoms with Crippen LogP contribution >= 0.6 is 0 Å². The first-order valence-corrected chi connectivity index (χ1v) is 5.27. The molecule has 0 fully saturated rings. The molecule has 2 rings (SSSR count). The highest BCUT2D eigenvalue weighted by atomic mass is 16.3. The Bertz CT molecular complexity index is 523. The Morgan fingerprint density at radius 3 is 2.78 bits per heavy atom. The molecule has 18 heavy (non-hydrogen) atoms. The van der Waals surface area contributed by atoms with Gasteiger partial charge in [-0.05, 0) is 24.3 Å². The Morgan fingerprint density at radius 1 is 1.22 bits per heavy atom. The van der Waals surface area contributed by atoms with E-state index >= 15 is 0 Å². The zero-order valence-electron chi connectivity index (χ0n) is 9.42. The van der Waals surface area contributed by atoms with Gasteiger partial charge in [0, 0.05) is 6.20 Å². The smallest absolute Gasteiger partial charge is 0.313 e. The lowest BCUT2D eigenvalue weighted by atomic mass is 10.4. The fourth-order valence-corrected chi connectivity index (χ4v) is 1.29. The minimum atomic E-state index is -0.741. The summed E-state index contributed by atoms with van der Waals surface area (Å²) in [4.78, 5) is 26.8. The van der Waals surface area contributed by atoms with Crippen LogP contribution in [0.15, 0.2) is 47.3 Å². The second-order valence-electron chi connectivity index (χ2n) is 3.46. The summed E-state index contributed by atoms with van der Waals surface area (Å²) < 4.78 is 5.03. The molecule has 2 amide bonds. The minimum Gasteiger partial charge on any atom is -0.467 e. The third-order valence-electron chi connectivity index (χ3n) is 2.13. The van der Waals surface area contributed by atoms with Gasteiger partial charge in [0.15, 0.2) is 0 Å². The van der Waals surface area contributed by atoms with E-state index in [2.05, 4.69) is 15.6 Å². The number of nitrogens with zero attached hydrogens (tertiary/aromatic N) is 1. The van der Waals surface area contributed by atoms with Crippen LogP contribution in [0.1, 0.15) is 5.76 Å². The molecule has 0 spiro atoms. The van der Waals surface area contributed by atoms with Gasteiger partial charge in [-0.25, -0.2) is 0 Å². The molecule has 0 unspecified atom stereocenters. The summed E-state index contributed by atoms with van der Waals surface area (Å²) >= 11 is 0. The van der Waals surface area contributed by atoms with Crippen molar-refractivity contribution in [3.63, 3.8) is 0 Å². The SMILES string of the molecule is O=C(NCc1ccco1)C(=O)Nc1cccnc1. The quantitative estimate of drug-likeness (QED) is 0.788. The Balaban J connectivity index is 1.84. The van der Waals surface area contributed by atoms with E-state index in [0.29, 0.717) is 11.4 Å². The molecule has 0 aliphatic carbocycles. The van der Waals surface area contributed by atoms with Crippen LogP contribution in [0, 0.1) is 0 Å². The maximum absolute atomic E-state index is 11.5. The van der Waals surface area contributed by atoms with Crippen molar-refractivity contribution in [3.8, 4) is 0 Å². The number of hydrogen-bond acceptors (Lipinski definition) is 4. The predicted molar refractivity (Wildman–Crippen MR) is 63.4 cm³/mol. The van der Waals surface area contributed by atoms with Crippen LogP contribution in [0.2, 0.25) is 0 Å². The first-order chi connectivity index (χ1) is 8.75. The molecular formula is C12H11N3O3. The number of pyridine rings is 1. The molecule has 6 nitrogen and oxygen atoms in total. The third kappa shape index (κ3) is 3.18. The third-order valence-corrected chi connectivity index (χ3v) is 2.13. The normalized spacial score (nSPS) is 9.78. The first-order valence-electron chi connectivity index (χ1n) is 5.27. The second kappa shape index (κ2) is 5.62. The average Bonchev–Trinajstić information content (AvgIpc) is 2.90. The monoisotopic (exact) mass is 245 g/mol. The number of nitrogens with one attached hydrogen (secondary N) is 2. The summed E-state index contributed by atoms with van der Waals surface area (Å²) in [5, 5.41) is 4.87. The summed E-state index contributed by atoms with van der Waals surface area (Å²) in [6, 6.07) is 6.72. The molecule has 0 radical (unpaired) electrons. The van der Waals surface area contributed by atoms with Crippen molar-refractivity contribution < 1.29 is 14.0 Å². The predicted octanol–water partition coefficient (Wildman–Crippen LogP) is 0.929. The van der Waals surface area contributed by atoms with Gasteiger partial charge >= 0.3 is 11.8 Å². The van der Waals surface area contributed by atoms with Crippen LogP contribution in [0.5, 0.6) is 0 Å². The molecule has 0 aliphatic rings. The summed E-state index contributed by atoms with van der Waals surface area (Å²) in [5.74, 6) is -0.887. The van der Waals surface area contributed by atoms with Crippen LogP contribution < -0.4 is 10.6 Å². The Hall–Kier alpha value is -2.63. The van der Waals surface area contributed by atoms with Gasteiger partial charge in [0.2, 0.25) is 0 Å².